The molecule has 5 nitrogen and oxygen atoms in total. The van der Waals surface area contributed by atoms with Gasteiger partial charge in [0, 0.05) is 5.69 Å². The number of carbonyl (C=O) groups is 2. The highest BCUT2D eigenvalue weighted by Crippen LogP contribution is 2.30. The van der Waals surface area contributed by atoms with E-state index in [1.54, 1.807) is 36.4 Å². The fourth-order valence-corrected chi connectivity index (χ4v) is 2.63. The minimum atomic E-state index is -0.450. The Morgan fingerprint density at radius 3 is 3.00 bits per heavy atom. The van der Waals surface area contributed by atoms with Gasteiger partial charge in [-0.05, 0) is 45.8 Å². The summed E-state index contributed by atoms with van der Waals surface area (Å²) >= 11 is 3.09. The molecular weight excluding hydrogens is 367 g/mol. The smallest absolute Gasteiger partial charge is 0.262 e. The summed E-state index contributed by atoms with van der Waals surface area (Å²) in [6, 6.07) is 9.71. The maximum atomic E-state index is 13.9. The van der Waals surface area contributed by atoms with Crippen LogP contribution in [0, 0.1) is 5.82 Å². The Morgan fingerprint density at radius 2 is 2.17 bits per heavy atom. The molecule has 0 bridgehead atoms. The zero-order valence-corrected chi connectivity index (χ0v) is 13.4. The molecule has 0 saturated carbocycles. The molecule has 2 aromatic carbocycles. The summed E-state index contributed by atoms with van der Waals surface area (Å²) in [5.41, 5.74) is 1.29. The molecule has 2 N–H and O–H groups in total. The molecule has 0 radical (unpaired) electrons. The Labute approximate surface area is 140 Å². The molecule has 1 aliphatic rings. The summed E-state index contributed by atoms with van der Waals surface area (Å²) < 4.78 is 19.4. The van der Waals surface area contributed by atoms with Gasteiger partial charge in [-0.15, -0.1) is 0 Å². The van der Waals surface area contributed by atoms with E-state index >= 15 is 0 Å². The number of amides is 2. The summed E-state index contributed by atoms with van der Waals surface area (Å²) in [4.78, 5) is 23.4. The second kappa shape index (κ2) is 6.37. The predicted octanol–water partition coefficient (Wildman–Crippen LogP) is 3.10. The minimum absolute atomic E-state index is 0.0269. The van der Waals surface area contributed by atoms with E-state index in [-0.39, 0.29) is 24.8 Å². The number of hydrogen-bond acceptors (Lipinski definition) is 3. The van der Waals surface area contributed by atoms with E-state index < -0.39 is 5.82 Å². The van der Waals surface area contributed by atoms with Gasteiger partial charge >= 0.3 is 0 Å². The molecule has 0 aromatic heterocycles. The molecule has 2 aromatic rings. The van der Waals surface area contributed by atoms with Crippen LogP contribution in [0.25, 0.3) is 0 Å². The number of rotatable bonds is 3. The summed E-state index contributed by atoms with van der Waals surface area (Å²) in [5, 5.41) is 5.33. The Bertz CT molecular complexity index is 795. The highest BCUT2D eigenvalue weighted by atomic mass is 79.9. The molecule has 0 fully saturated rings. The third kappa shape index (κ3) is 3.50. The van der Waals surface area contributed by atoms with Crippen LogP contribution in [0.15, 0.2) is 40.9 Å². The zero-order valence-electron chi connectivity index (χ0n) is 11.9. The molecule has 118 valence electrons. The molecule has 0 unspecified atom stereocenters. The highest BCUT2D eigenvalue weighted by molar-refractivity contribution is 9.10. The van der Waals surface area contributed by atoms with E-state index in [1.807, 2.05) is 0 Å². The maximum Gasteiger partial charge on any atom is 0.262 e. The van der Waals surface area contributed by atoms with E-state index in [9.17, 15) is 14.0 Å². The van der Waals surface area contributed by atoms with Crippen LogP contribution in [-0.4, -0.2) is 18.4 Å². The Balaban J connectivity index is 1.72. The fraction of sp³-hybridized carbons (Fsp3) is 0.125. The van der Waals surface area contributed by atoms with Crippen LogP contribution in [0.1, 0.15) is 5.56 Å². The first-order chi connectivity index (χ1) is 11.0. The molecule has 0 atom stereocenters. The highest BCUT2D eigenvalue weighted by Gasteiger charge is 2.17. The standard InChI is InChI=1S/C16H12BrFN2O3/c17-11-3-1-2-9(16(11)18)6-14(21)19-10-4-5-13-12(7-10)20-15(22)8-23-13/h1-5,7H,6,8H2,(H,19,21)(H,20,22). The lowest BCUT2D eigenvalue weighted by Gasteiger charge is -2.18. The number of hydrogen-bond donors (Lipinski definition) is 2. The largest absolute Gasteiger partial charge is 0.482 e. The van der Waals surface area contributed by atoms with E-state index in [1.165, 1.54) is 0 Å². The maximum absolute atomic E-state index is 13.9. The van der Waals surface area contributed by atoms with E-state index in [0.717, 1.165) is 0 Å². The topological polar surface area (TPSA) is 67.4 Å². The second-order valence-corrected chi connectivity index (χ2v) is 5.84. The third-order valence-corrected chi connectivity index (χ3v) is 3.89. The number of benzene rings is 2. The van der Waals surface area contributed by atoms with Crippen LogP contribution in [0.3, 0.4) is 0 Å². The number of carbonyl (C=O) groups excluding carboxylic acids is 2. The van der Waals surface area contributed by atoms with Gasteiger partial charge in [-0.25, -0.2) is 4.39 Å². The Kier molecular flexibility index (Phi) is 4.29. The van der Waals surface area contributed by atoms with Gasteiger partial charge < -0.3 is 15.4 Å². The average molecular weight is 379 g/mol. The lowest BCUT2D eigenvalue weighted by Crippen LogP contribution is -2.25. The van der Waals surface area contributed by atoms with E-state index in [4.69, 9.17) is 4.74 Å². The quantitative estimate of drug-likeness (QED) is 0.862. The first-order valence-corrected chi connectivity index (χ1v) is 7.61. The van der Waals surface area contributed by atoms with Crippen LogP contribution >= 0.6 is 15.9 Å². The molecule has 23 heavy (non-hydrogen) atoms. The van der Waals surface area contributed by atoms with Crippen molar-refractivity contribution in [3.8, 4) is 5.75 Å². The molecule has 0 spiro atoms. The number of fused-ring (bicyclic) bond motifs is 1. The molecule has 7 heteroatoms. The van der Waals surface area contributed by atoms with Gasteiger partial charge in [-0.3, -0.25) is 9.59 Å². The minimum Gasteiger partial charge on any atom is -0.482 e. The van der Waals surface area contributed by atoms with Gasteiger partial charge in [-0.1, -0.05) is 12.1 Å². The number of nitrogens with one attached hydrogen (secondary N) is 2. The molecule has 1 heterocycles. The van der Waals surface area contributed by atoms with Crippen molar-refractivity contribution in [2.75, 3.05) is 17.2 Å². The lowest BCUT2D eigenvalue weighted by atomic mass is 10.1. The van der Waals surface area contributed by atoms with Crippen molar-refractivity contribution < 1.29 is 18.7 Å². The zero-order chi connectivity index (χ0) is 16.4. The van der Waals surface area contributed by atoms with Crippen molar-refractivity contribution in [1.29, 1.82) is 0 Å². The van der Waals surface area contributed by atoms with Crippen LogP contribution in [0.5, 0.6) is 5.75 Å². The molecule has 0 aliphatic carbocycles. The molecule has 1 aliphatic heterocycles. The van der Waals surface area contributed by atoms with Crippen LogP contribution in [0.4, 0.5) is 15.8 Å². The van der Waals surface area contributed by atoms with Crippen molar-refractivity contribution in [3.05, 3.63) is 52.3 Å². The Hall–Kier alpha value is -2.41. The van der Waals surface area contributed by atoms with Gasteiger partial charge in [0.05, 0.1) is 16.6 Å². The Morgan fingerprint density at radius 1 is 1.35 bits per heavy atom. The van der Waals surface area contributed by atoms with Crippen LogP contribution in [-0.2, 0) is 16.0 Å². The average Bonchev–Trinajstić information content (AvgIpc) is 2.51. The number of ether oxygens (including phenoxy) is 1. The lowest BCUT2D eigenvalue weighted by molar-refractivity contribution is -0.118. The second-order valence-electron chi connectivity index (χ2n) is 4.99. The number of anilines is 2. The summed E-state index contributed by atoms with van der Waals surface area (Å²) in [6.07, 6.45) is -0.0920. The van der Waals surface area contributed by atoms with Crippen molar-refractivity contribution >= 4 is 39.1 Å². The predicted molar refractivity (Wildman–Crippen MR) is 87.0 cm³/mol. The van der Waals surface area contributed by atoms with Gasteiger partial charge in [0.25, 0.3) is 5.91 Å². The first-order valence-electron chi connectivity index (χ1n) is 6.82. The monoisotopic (exact) mass is 378 g/mol. The molecular formula is C16H12BrFN2O3. The van der Waals surface area contributed by atoms with Crippen LogP contribution in [0.2, 0.25) is 0 Å². The number of halogens is 2. The van der Waals surface area contributed by atoms with E-state index in [2.05, 4.69) is 26.6 Å². The van der Waals surface area contributed by atoms with Gasteiger partial charge in [-0.2, -0.15) is 0 Å². The van der Waals surface area contributed by atoms with Gasteiger partial charge in [0.2, 0.25) is 5.91 Å². The fourth-order valence-electron chi connectivity index (χ4n) is 2.22. The van der Waals surface area contributed by atoms with Gasteiger partial charge in [0.15, 0.2) is 6.61 Å². The molecule has 3 rings (SSSR count). The van der Waals surface area contributed by atoms with Crippen molar-refractivity contribution in [3.63, 3.8) is 0 Å². The first kappa shape index (κ1) is 15.5. The van der Waals surface area contributed by atoms with Gasteiger partial charge in [0.1, 0.15) is 11.6 Å². The molecule has 0 saturated heterocycles. The summed E-state index contributed by atoms with van der Waals surface area (Å²) in [7, 11) is 0. The summed E-state index contributed by atoms with van der Waals surface area (Å²) in [5.74, 6) is -0.517. The SMILES string of the molecule is O=C(Cc1cccc(Br)c1F)Nc1ccc2c(c1)NC(=O)CO2. The van der Waals surface area contributed by atoms with Crippen LogP contribution < -0.4 is 15.4 Å². The summed E-state index contributed by atoms with van der Waals surface area (Å²) in [6.45, 7) is -0.0269. The normalized spacial score (nSPS) is 12.9. The van der Waals surface area contributed by atoms with Crippen molar-refractivity contribution in [2.45, 2.75) is 6.42 Å². The van der Waals surface area contributed by atoms with Crippen molar-refractivity contribution in [2.24, 2.45) is 0 Å². The third-order valence-electron chi connectivity index (χ3n) is 3.28. The van der Waals surface area contributed by atoms with E-state index in [0.29, 0.717) is 27.2 Å². The molecule has 2 amide bonds. The van der Waals surface area contributed by atoms with Crippen molar-refractivity contribution in [1.82, 2.24) is 0 Å².